The van der Waals surface area contributed by atoms with E-state index in [0.29, 0.717) is 12.2 Å². The van der Waals surface area contributed by atoms with E-state index in [1.807, 2.05) is 27.7 Å². The van der Waals surface area contributed by atoms with Crippen LogP contribution in [0.3, 0.4) is 0 Å². The number of para-hydroxylation sites is 2. The lowest BCUT2D eigenvalue weighted by atomic mass is 10.3. The molecule has 0 aliphatic rings. The molecule has 0 aliphatic heterocycles. The molecule has 0 aromatic heterocycles. The third-order valence-electron chi connectivity index (χ3n) is 1.43. The highest BCUT2D eigenvalue weighted by Gasteiger charge is 1.94. The van der Waals surface area contributed by atoms with Crippen LogP contribution in [0.2, 0.25) is 0 Å². The van der Waals surface area contributed by atoms with Crippen LogP contribution in [0.15, 0.2) is 24.3 Å². The molecule has 15 heavy (non-hydrogen) atoms. The van der Waals surface area contributed by atoms with Gasteiger partial charge in [-0.2, -0.15) is 0 Å². The maximum atomic E-state index is 8.67. The van der Waals surface area contributed by atoms with E-state index >= 15 is 0 Å². The largest absolute Gasteiger partial charge is 0.504 e. The van der Waals surface area contributed by atoms with Crippen LogP contribution in [0.4, 0.5) is 0 Å². The van der Waals surface area contributed by atoms with Crippen LogP contribution in [0, 0.1) is 0 Å². The van der Waals surface area contributed by atoms with Gasteiger partial charge in [-0.3, -0.25) is 0 Å². The zero-order chi connectivity index (χ0) is 11.8. The lowest BCUT2D eigenvalue weighted by Crippen LogP contribution is -2.09. The van der Waals surface area contributed by atoms with Gasteiger partial charge in [-0.15, -0.1) is 0 Å². The summed E-state index contributed by atoms with van der Waals surface area (Å²) in [6, 6.07) is 6.15. The Kier molecular flexibility index (Phi) is 6.54. The first-order valence-corrected chi connectivity index (χ1v) is 5.06. The summed E-state index contributed by atoms with van der Waals surface area (Å²) in [5.41, 5.74) is 0. The molecular weight excluding hydrogens is 192 g/mol. The molecule has 0 radical (unpaired) electrons. The molecule has 2 N–H and O–H groups in total. The summed E-state index contributed by atoms with van der Waals surface area (Å²) in [4.78, 5) is 0. The molecule has 0 unspecified atom stereocenters. The van der Waals surface area contributed by atoms with Crippen LogP contribution < -0.4 is 0 Å². The fourth-order valence-electron chi connectivity index (χ4n) is 1.01. The minimum atomic E-state index is -0.0764. The van der Waals surface area contributed by atoms with Crippen LogP contribution in [0.25, 0.3) is 0 Å². The van der Waals surface area contributed by atoms with Crippen LogP contribution >= 0.6 is 0 Å². The fraction of sp³-hybridized carbons (Fsp3) is 0.500. The molecule has 1 aromatic carbocycles. The Labute approximate surface area is 91.3 Å². The Morgan fingerprint density at radius 1 is 0.867 bits per heavy atom. The summed E-state index contributed by atoms with van der Waals surface area (Å²) in [6.45, 7) is 8.17. The Balaban J connectivity index is 0.000000265. The van der Waals surface area contributed by atoms with Crippen molar-refractivity contribution in [3.8, 4) is 11.5 Å². The quantitative estimate of drug-likeness (QED) is 0.741. The zero-order valence-electron chi connectivity index (χ0n) is 9.77. The molecule has 0 fully saturated rings. The molecule has 0 bridgehead atoms. The SMILES string of the molecule is CC(C)OC(C)C.Oc1ccccc1O. The van der Waals surface area contributed by atoms with Gasteiger partial charge in [0.2, 0.25) is 0 Å². The fourth-order valence-corrected chi connectivity index (χ4v) is 1.01. The number of phenols is 2. The smallest absolute Gasteiger partial charge is 0.157 e. The van der Waals surface area contributed by atoms with Crippen molar-refractivity contribution in [2.24, 2.45) is 0 Å². The van der Waals surface area contributed by atoms with Crippen molar-refractivity contribution in [2.45, 2.75) is 39.9 Å². The monoisotopic (exact) mass is 212 g/mol. The van der Waals surface area contributed by atoms with E-state index < -0.39 is 0 Å². The molecule has 0 spiro atoms. The standard InChI is InChI=1S/C6H6O2.C6H14O/c7-5-3-1-2-4-6(5)8;1-5(2)7-6(3)4/h1-4,7-8H;5-6H,1-4H3. The second kappa shape index (κ2) is 7.12. The second-order valence-electron chi connectivity index (χ2n) is 3.72. The molecule has 0 amide bonds. The van der Waals surface area contributed by atoms with E-state index in [9.17, 15) is 0 Å². The van der Waals surface area contributed by atoms with E-state index in [1.165, 1.54) is 12.1 Å². The van der Waals surface area contributed by atoms with Crippen LogP contribution in [-0.2, 0) is 4.74 Å². The van der Waals surface area contributed by atoms with Gasteiger partial charge < -0.3 is 14.9 Å². The van der Waals surface area contributed by atoms with Gasteiger partial charge in [0.25, 0.3) is 0 Å². The third-order valence-corrected chi connectivity index (χ3v) is 1.43. The Hall–Kier alpha value is -1.22. The summed E-state index contributed by atoms with van der Waals surface area (Å²) in [5.74, 6) is -0.153. The molecule has 0 saturated heterocycles. The molecule has 0 aliphatic carbocycles. The van der Waals surface area contributed by atoms with Gasteiger partial charge in [0, 0.05) is 0 Å². The van der Waals surface area contributed by atoms with Crippen molar-refractivity contribution in [3.05, 3.63) is 24.3 Å². The van der Waals surface area contributed by atoms with Gasteiger partial charge in [0.1, 0.15) is 0 Å². The van der Waals surface area contributed by atoms with Crippen LogP contribution in [-0.4, -0.2) is 22.4 Å². The Morgan fingerprint density at radius 2 is 1.20 bits per heavy atom. The van der Waals surface area contributed by atoms with Gasteiger partial charge in [0.05, 0.1) is 12.2 Å². The third kappa shape index (κ3) is 7.82. The number of benzene rings is 1. The number of hydrogen-bond acceptors (Lipinski definition) is 3. The summed E-state index contributed by atoms with van der Waals surface area (Å²) in [6.07, 6.45) is 0.750. The highest BCUT2D eigenvalue weighted by Crippen LogP contribution is 2.21. The summed E-state index contributed by atoms with van der Waals surface area (Å²) >= 11 is 0. The molecule has 0 atom stereocenters. The lowest BCUT2D eigenvalue weighted by molar-refractivity contribution is 0.0300. The number of aromatic hydroxyl groups is 2. The van der Waals surface area contributed by atoms with E-state index in [1.54, 1.807) is 12.1 Å². The average molecular weight is 212 g/mol. The maximum Gasteiger partial charge on any atom is 0.157 e. The Bertz CT molecular complexity index is 242. The minimum absolute atomic E-state index is 0.0764. The Morgan fingerprint density at radius 3 is 1.33 bits per heavy atom. The van der Waals surface area contributed by atoms with Gasteiger partial charge in [0.15, 0.2) is 11.5 Å². The number of hydrogen-bond donors (Lipinski definition) is 2. The predicted octanol–water partition coefficient (Wildman–Crippen LogP) is 2.92. The van der Waals surface area contributed by atoms with E-state index in [4.69, 9.17) is 14.9 Å². The van der Waals surface area contributed by atoms with Gasteiger partial charge in [-0.25, -0.2) is 0 Å². The molecule has 86 valence electrons. The normalized spacial score (nSPS) is 10.0. The molecule has 0 saturated carbocycles. The molecule has 1 aromatic rings. The van der Waals surface area contributed by atoms with E-state index in [2.05, 4.69) is 0 Å². The van der Waals surface area contributed by atoms with Crippen molar-refractivity contribution < 1.29 is 14.9 Å². The van der Waals surface area contributed by atoms with Gasteiger partial charge >= 0.3 is 0 Å². The second-order valence-corrected chi connectivity index (χ2v) is 3.72. The van der Waals surface area contributed by atoms with E-state index in [-0.39, 0.29) is 11.5 Å². The molecular formula is C12H20O3. The van der Waals surface area contributed by atoms with Gasteiger partial charge in [-0.1, -0.05) is 12.1 Å². The topological polar surface area (TPSA) is 49.7 Å². The highest BCUT2D eigenvalue weighted by molar-refractivity contribution is 5.36. The molecule has 0 heterocycles. The van der Waals surface area contributed by atoms with Gasteiger partial charge in [-0.05, 0) is 39.8 Å². The van der Waals surface area contributed by atoms with E-state index in [0.717, 1.165) is 0 Å². The number of rotatable bonds is 2. The zero-order valence-corrected chi connectivity index (χ0v) is 9.77. The predicted molar refractivity (Wildman–Crippen MR) is 61.1 cm³/mol. The first-order chi connectivity index (χ1) is 6.93. The van der Waals surface area contributed by atoms with Crippen LogP contribution in [0.1, 0.15) is 27.7 Å². The number of ether oxygens (including phenoxy) is 1. The summed E-state index contributed by atoms with van der Waals surface area (Å²) < 4.78 is 5.25. The van der Waals surface area contributed by atoms with Crippen molar-refractivity contribution in [1.82, 2.24) is 0 Å². The van der Waals surface area contributed by atoms with Crippen molar-refractivity contribution in [1.29, 1.82) is 0 Å². The average Bonchev–Trinajstić information content (AvgIpc) is 2.08. The first kappa shape index (κ1) is 13.8. The maximum absolute atomic E-state index is 8.67. The van der Waals surface area contributed by atoms with Crippen molar-refractivity contribution >= 4 is 0 Å². The molecule has 3 heteroatoms. The summed E-state index contributed by atoms with van der Waals surface area (Å²) in [5, 5.41) is 17.3. The van der Waals surface area contributed by atoms with Crippen molar-refractivity contribution in [3.63, 3.8) is 0 Å². The van der Waals surface area contributed by atoms with Crippen LogP contribution in [0.5, 0.6) is 11.5 Å². The van der Waals surface area contributed by atoms with Crippen molar-refractivity contribution in [2.75, 3.05) is 0 Å². The molecule has 1 rings (SSSR count). The first-order valence-electron chi connectivity index (χ1n) is 5.06. The minimum Gasteiger partial charge on any atom is -0.504 e. The molecule has 3 nitrogen and oxygen atoms in total. The number of phenolic OH excluding ortho intramolecular Hbond substituents is 2. The lowest BCUT2D eigenvalue weighted by Gasteiger charge is -2.09. The highest BCUT2D eigenvalue weighted by atomic mass is 16.5. The summed E-state index contributed by atoms with van der Waals surface area (Å²) in [7, 11) is 0.